The van der Waals surface area contributed by atoms with Crippen molar-refractivity contribution in [1.29, 1.82) is 0 Å². The first-order valence-electron chi connectivity index (χ1n) is 4.55. The number of allylic oxidation sites excluding steroid dienone is 1. The summed E-state index contributed by atoms with van der Waals surface area (Å²) in [5.74, 6) is 0.668. The molecular formula is C10H18O. The van der Waals surface area contributed by atoms with Crippen molar-refractivity contribution in [3.63, 3.8) is 0 Å². The van der Waals surface area contributed by atoms with Gasteiger partial charge in [0.05, 0.1) is 6.10 Å². The Bertz CT molecular complexity index is 127. The topological polar surface area (TPSA) is 9.23 Å². The summed E-state index contributed by atoms with van der Waals surface area (Å²) < 4.78 is 5.69. The second-order valence-corrected chi connectivity index (χ2v) is 3.63. The third-order valence-corrected chi connectivity index (χ3v) is 1.89. The summed E-state index contributed by atoms with van der Waals surface area (Å²) in [4.78, 5) is 0. The molecule has 0 saturated heterocycles. The summed E-state index contributed by atoms with van der Waals surface area (Å²) in [6.45, 7) is 5.30. The van der Waals surface area contributed by atoms with E-state index >= 15 is 0 Å². The van der Waals surface area contributed by atoms with Crippen molar-refractivity contribution in [2.45, 2.75) is 39.2 Å². The Labute approximate surface area is 69.4 Å². The molecule has 64 valence electrons. The zero-order valence-corrected chi connectivity index (χ0v) is 7.55. The maximum atomic E-state index is 5.69. The van der Waals surface area contributed by atoms with Gasteiger partial charge in [-0.1, -0.05) is 26.0 Å². The first-order valence-corrected chi connectivity index (χ1v) is 4.55. The van der Waals surface area contributed by atoms with Crippen LogP contribution < -0.4 is 0 Å². The van der Waals surface area contributed by atoms with E-state index in [9.17, 15) is 0 Å². The summed E-state index contributed by atoms with van der Waals surface area (Å²) in [6, 6.07) is 0. The van der Waals surface area contributed by atoms with Crippen molar-refractivity contribution in [3.8, 4) is 0 Å². The van der Waals surface area contributed by atoms with Gasteiger partial charge in [0.25, 0.3) is 0 Å². The Hall–Kier alpha value is -0.300. The van der Waals surface area contributed by atoms with Crippen LogP contribution in [0.2, 0.25) is 0 Å². The van der Waals surface area contributed by atoms with Crippen LogP contribution in [0.4, 0.5) is 0 Å². The molecule has 0 saturated carbocycles. The van der Waals surface area contributed by atoms with Crippen LogP contribution in [-0.2, 0) is 4.74 Å². The van der Waals surface area contributed by atoms with Crippen molar-refractivity contribution < 1.29 is 4.74 Å². The van der Waals surface area contributed by atoms with Gasteiger partial charge in [0, 0.05) is 6.61 Å². The standard InChI is InChI=1S/C10H18O/c1-9(2)8-11-10-6-4-3-5-7-10/h3-4,9-10H,5-8H2,1-2H3. The lowest BCUT2D eigenvalue weighted by atomic mass is 10.0. The van der Waals surface area contributed by atoms with E-state index in [1.807, 2.05) is 0 Å². The first kappa shape index (κ1) is 8.79. The van der Waals surface area contributed by atoms with Gasteiger partial charge in [-0.25, -0.2) is 0 Å². The summed E-state index contributed by atoms with van der Waals surface area (Å²) in [5, 5.41) is 0. The van der Waals surface area contributed by atoms with Crippen molar-refractivity contribution >= 4 is 0 Å². The van der Waals surface area contributed by atoms with E-state index < -0.39 is 0 Å². The molecular weight excluding hydrogens is 136 g/mol. The first-order chi connectivity index (χ1) is 5.29. The van der Waals surface area contributed by atoms with Crippen LogP contribution >= 0.6 is 0 Å². The number of hydrogen-bond acceptors (Lipinski definition) is 1. The van der Waals surface area contributed by atoms with Crippen molar-refractivity contribution in [3.05, 3.63) is 12.2 Å². The Morgan fingerprint density at radius 2 is 2.27 bits per heavy atom. The molecule has 0 spiro atoms. The third kappa shape index (κ3) is 3.57. The van der Waals surface area contributed by atoms with Crippen molar-refractivity contribution in [2.75, 3.05) is 6.61 Å². The monoisotopic (exact) mass is 154 g/mol. The molecule has 0 aromatic carbocycles. The smallest absolute Gasteiger partial charge is 0.0612 e. The summed E-state index contributed by atoms with van der Waals surface area (Å²) in [7, 11) is 0. The Morgan fingerprint density at radius 3 is 2.82 bits per heavy atom. The molecule has 0 heterocycles. The second-order valence-electron chi connectivity index (χ2n) is 3.63. The lowest BCUT2D eigenvalue weighted by Gasteiger charge is -2.19. The highest BCUT2D eigenvalue weighted by molar-refractivity contribution is 4.90. The van der Waals surface area contributed by atoms with Crippen LogP contribution in [-0.4, -0.2) is 12.7 Å². The highest BCUT2D eigenvalue weighted by Crippen LogP contribution is 2.14. The van der Waals surface area contributed by atoms with Crippen LogP contribution in [0.25, 0.3) is 0 Å². The minimum Gasteiger partial charge on any atom is -0.378 e. The van der Waals surface area contributed by atoms with E-state index in [0.717, 1.165) is 13.0 Å². The molecule has 1 aliphatic rings. The van der Waals surface area contributed by atoms with Crippen LogP contribution in [0.15, 0.2) is 12.2 Å². The molecule has 1 unspecified atom stereocenters. The highest BCUT2D eigenvalue weighted by atomic mass is 16.5. The maximum Gasteiger partial charge on any atom is 0.0612 e. The van der Waals surface area contributed by atoms with Crippen LogP contribution in [0.1, 0.15) is 33.1 Å². The molecule has 1 aliphatic carbocycles. The van der Waals surface area contributed by atoms with E-state index in [1.165, 1.54) is 12.8 Å². The number of hydrogen-bond donors (Lipinski definition) is 0. The van der Waals surface area contributed by atoms with Crippen molar-refractivity contribution in [1.82, 2.24) is 0 Å². The van der Waals surface area contributed by atoms with E-state index in [-0.39, 0.29) is 0 Å². The number of rotatable bonds is 3. The zero-order valence-electron chi connectivity index (χ0n) is 7.55. The van der Waals surface area contributed by atoms with E-state index in [4.69, 9.17) is 4.74 Å². The molecule has 1 atom stereocenters. The van der Waals surface area contributed by atoms with E-state index in [0.29, 0.717) is 12.0 Å². The zero-order chi connectivity index (χ0) is 8.10. The summed E-state index contributed by atoms with van der Waals surface area (Å²) >= 11 is 0. The molecule has 0 aromatic rings. The van der Waals surface area contributed by atoms with Crippen LogP contribution in [0.5, 0.6) is 0 Å². The molecule has 0 radical (unpaired) electrons. The average Bonchev–Trinajstić information content (AvgIpc) is 2.03. The molecule has 1 nitrogen and oxygen atoms in total. The average molecular weight is 154 g/mol. The van der Waals surface area contributed by atoms with Gasteiger partial charge in [0.2, 0.25) is 0 Å². The summed E-state index contributed by atoms with van der Waals surface area (Å²) in [5.41, 5.74) is 0. The molecule has 0 bridgehead atoms. The lowest BCUT2D eigenvalue weighted by Crippen LogP contribution is -2.16. The minimum absolute atomic E-state index is 0.502. The van der Waals surface area contributed by atoms with Gasteiger partial charge in [-0.05, 0) is 25.2 Å². The second kappa shape index (κ2) is 4.55. The van der Waals surface area contributed by atoms with Gasteiger partial charge in [0.15, 0.2) is 0 Å². The molecule has 1 heteroatoms. The summed E-state index contributed by atoms with van der Waals surface area (Å²) in [6.07, 6.45) is 8.50. The molecule has 11 heavy (non-hydrogen) atoms. The SMILES string of the molecule is CC(C)COC1CC=CCC1. The van der Waals surface area contributed by atoms with Gasteiger partial charge in [-0.3, -0.25) is 0 Å². The predicted octanol–water partition coefficient (Wildman–Crippen LogP) is 2.77. The van der Waals surface area contributed by atoms with Crippen LogP contribution in [0, 0.1) is 5.92 Å². The molecule has 1 rings (SSSR count). The van der Waals surface area contributed by atoms with Crippen LogP contribution in [0.3, 0.4) is 0 Å². The molecule has 0 N–H and O–H groups in total. The van der Waals surface area contributed by atoms with Gasteiger partial charge in [0.1, 0.15) is 0 Å². The minimum atomic E-state index is 0.502. The maximum absolute atomic E-state index is 5.69. The Balaban J connectivity index is 2.11. The largest absolute Gasteiger partial charge is 0.378 e. The predicted molar refractivity (Wildman–Crippen MR) is 47.6 cm³/mol. The van der Waals surface area contributed by atoms with Gasteiger partial charge in [-0.2, -0.15) is 0 Å². The fourth-order valence-corrected chi connectivity index (χ4v) is 1.25. The molecule has 0 aromatic heterocycles. The Morgan fingerprint density at radius 1 is 1.45 bits per heavy atom. The van der Waals surface area contributed by atoms with Gasteiger partial charge in [-0.15, -0.1) is 0 Å². The fourth-order valence-electron chi connectivity index (χ4n) is 1.25. The van der Waals surface area contributed by atoms with Crippen molar-refractivity contribution in [2.24, 2.45) is 5.92 Å². The Kier molecular flexibility index (Phi) is 3.64. The van der Waals surface area contributed by atoms with E-state index in [2.05, 4.69) is 26.0 Å². The molecule has 0 fully saturated rings. The van der Waals surface area contributed by atoms with Gasteiger partial charge >= 0.3 is 0 Å². The quantitative estimate of drug-likeness (QED) is 0.568. The van der Waals surface area contributed by atoms with E-state index in [1.54, 1.807) is 0 Å². The normalized spacial score (nSPS) is 24.5. The van der Waals surface area contributed by atoms with Gasteiger partial charge < -0.3 is 4.74 Å². The molecule has 0 amide bonds. The fraction of sp³-hybridized carbons (Fsp3) is 0.800. The number of ether oxygens (including phenoxy) is 1. The lowest BCUT2D eigenvalue weighted by molar-refractivity contribution is 0.0309. The third-order valence-electron chi connectivity index (χ3n) is 1.89. The molecule has 0 aliphatic heterocycles. The highest BCUT2D eigenvalue weighted by Gasteiger charge is 2.09.